The minimum atomic E-state index is -0.355. The fourth-order valence-electron chi connectivity index (χ4n) is 2.26. The molecule has 0 saturated carbocycles. The van der Waals surface area contributed by atoms with Crippen molar-refractivity contribution in [1.29, 1.82) is 0 Å². The molecule has 0 radical (unpaired) electrons. The first-order chi connectivity index (χ1) is 9.78. The van der Waals surface area contributed by atoms with Gasteiger partial charge in [-0.15, -0.1) is 0 Å². The Labute approximate surface area is 116 Å². The second kappa shape index (κ2) is 5.25. The van der Waals surface area contributed by atoms with E-state index in [2.05, 4.69) is 11.1 Å². The number of fused-ring (bicyclic) bond motifs is 3. The molecule has 4 heteroatoms. The van der Waals surface area contributed by atoms with Gasteiger partial charge in [-0.25, -0.2) is 4.79 Å². The van der Waals surface area contributed by atoms with Crippen molar-refractivity contribution >= 4 is 27.8 Å². The SMILES string of the molecule is CCOC(=O)COc1ccc2[nH]c3ccccc3c2c1. The van der Waals surface area contributed by atoms with Gasteiger partial charge in [0, 0.05) is 21.8 Å². The van der Waals surface area contributed by atoms with Crippen molar-refractivity contribution in [1.82, 2.24) is 4.98 Å². The second-order valence-electron chi connectivity index (χ2n) is 4.47. The predicted molar refractivity (Wildman–Crippen MR) is 77.9 cm³/mol. The van der Waals surface area contributed by atoms with E-state index in [4.69, 9.17) is 9.47 Å². The molecule has 4 nitrogen and oxygen atoms in total. The number of ether oxygens (including phenoxy) is 2. The average Bonchev–Trinajstić information content (AvgIpc) is 2.83. The van der Waals surface area contributed by atoms with Gasteiger partial charge >= 0.3 is 5.97 Å². The Morgan fingerprint density at radius 3 is 2.75 bits per heavy atom. The molecule has 0 bridgehead atoms. The highest BCUT2D eigenvalue weighted by molar-refractivity contribution is 6.07. The third-order valence-corrected chi connectivity index (χ3v) is 3.14. The topological polar surface area (TPSA) is 51.3 Å². The minimum Gasteiger partial charge on any atom is -0.482 e. The third kappa shape index (κ3) is 2.32. The van der Waals surface area contributed by atoms with Crippen molar-refractivity contribution in [2.24, 2.45) is 0 Å². The largest absolute Gasteiger partial charge is 0.482 e. The molecule has 20 heavy (non-hydrogen) atoms. The van der Waals surface area contributed by atoms with Gasteiger partial charge in [0.2, 0.25) is 0 Å². The number of H-pyrrole nitrogens is 1. The fourth-order valence-corrected chi connectivity index (χ4v) is 2.26. The van der Waals surface area contributed by atoms with Gasteiger partial charge in [-0.1, -0.05) is 18.2 Å². The maximum absolute atomic E-state index is 11.3. The molecule has 0 aliphatic rings. The van der Waals surface area contributed by atoms with Gasteiger partial charge in [0.25, 0.3) is 0 Å². The number of benzene rings is 2. The van der Waals surface area contributed by atoms with Crippen LogP contribution in [0.5, 0.6) is 5.75 Å². The zero-order valence-electron chi connectivity index (χ0n) is 11.2. The second-order valence-corrected chi connectivity index (χ2v) is 4.47. The summed E-state index contributed by atoms with van der Waals surface area (Å²) in [4.78, 5) is 14.6. The monoisotopic (exact) mass is 269 g/mol. The first-order valence-corrected chi connectivity index (χ1v) is 6.57. The minimum absolute atomic E-state index is 0.0678. The summed E-state index contributed by atoms with van der Waals surface area (Å²) < 4.78 is 10.3. The van der Waals surface area contributed by atoms with Crippen molar-refractivity contribution in [3.63, 3.8) is 0 Å². The third-order valence-electron chi connectivity index (χ3n) is 3.14. The summed E-state index contributed by atoms with van der Waals surface area (Å²) in [5.41, 5.74) is 2.14. The lowest BCUT2D eigenvalue weighted by molar-refractivity contribution is -0.145. The lowest BCUT2D eigenvalue weighted by Gasteiger charge is -2.05. The van der Waals surface area contributed by atoms with Crippen LogP contribution in [0.15, 0.2) is 42.5 Å². The molecule has 0 fully saturated rings. The van der Waals surface area contributed by atoms with Crippen molar-refractivity contribution in [2.75, 3.05) is 13.2 Å². The maximum atomic E-state index is 11.3. The Morgan fingerprint density at radius 1 is 1.10 bits per heavy atom. The van der Waals surface area contributed by atoms with Gasteiger partial charge in [-0.3, -0.25) is 0 Å². The van der Waals surface area contributed by atoms with Crippen LogP contribution in [0.25, 0.3) is 21.8 Å². The van der Waals surface area contributed by atoms with Crippen molar-refractivity contribution in [2.45, 2.75) is 6.92 Å². The molecule has 1 N–H and O–H groups in total. The molecule has 0 aliphatic heterocycles. The molecule has 0 spiro atoms. The number of aromatic amines is 1. The van der Waals surface area contributed by atoms with Crippen LogP contribution < -0.4 is 4.74 Å². The number of carbonyl (C=O) groups excluding carboxylic acids is 1. The van der Waals surface area contributed by atoms with E-state index in [0.29, 0.717) is 12.4 Å². The van der Waals surface area contributed by atoms with E-state index in [-0.39, 0.29) is 12.6 Å². The number of hydrogen-bond acceptors (Lipinski definition) is 3. The number of aromatic nitrogens is 1. The number of carbonyl (C=O) groups is 1. The quantitative estimate of drug-likeness (QED) is 0.740. The van der Waals surface area contributed by atoms with Gasteiger partial charge < -0.3 is 14.5 Å². The lowest BCUT2D eigenvalue weighted by Crippen LogP contribution is -2.14. The van der Waals surface area contributed by atoms with E-state index in [1.165, 1.54) is 0 Å². The van der Waals surface area contributed by atoms with E-state index in [1.807, 2.05) is 36.4 Å². The molecule has 1 aromatic heterocycles. The van der Waals surface area contributed by atoms with E-state index in [0.717, 1.165) is 21.8 Å². The first-order valence-electron chi connectivity index (χ1n) is 6.57. The van der Waals surface area contributed by atoms with Gasteiger partial charge in [0.1, 0.15) is 5.75 Å². The number of nitrogens with one attached hydrogen (secondary N) is 1. The fraction of sp³-hybridized carbons (Fsp3) is 0.188. The Bertz CT molecular complexity index is 761. The zero-order valence-corrected chi connectivity index (χ0v) is 11.2. The van der Waals surface area contributed by atoms with E-state index in [1.54, 1.807) is 6.92 Å². The Morgan fingerprint density at radius 2 is 1.90 bits per heavy atom. The summed E-state index contributed by atoms with van der Waals surface area (Å²) in [5, 5.41) is 2.23. The number of rotatable bonds is 4. The first kappa shape index (κ1) is 12.5. The molecule has 0 aliphatic carbocycles. The molecule has 3 rings (SSSR count). The highest BCUT2D eigenvalue weighted by Gasteiger charge is 2.07. The Hall–Kier alpha value is -2.49. The maximum Gasteiger partial charge on any atom is 0.344 e. The van der Waals surface area contributed by atoms with Crippen LogP contribution in [0.3, 0.4) is 0 Å². The van der Waals surface area contributed by atoms with Gasteiger partial charge in [0.05, 0.1) is 6.61 Å². The molecular weight excluding hydrogens is 254 g/mol. The molecule has 0 unspecified atom stereocenters. The average molecular weight is 269 g/mol. The molecule has 1 heterocycles. The van der Waals surface area contributed by atoms with Crippen LogP contribution in [0, 0.1) is 0 Å². The summed E-state index contributed by atoms with van der Waals surface area (Å²) in [5.74, 6) is 0.307. The van der Waals surface area contributed by atoms with Crippen LogP contribution in [0.4, 0.5) is 0 Å². The summed E-state index contributed by atoms with van der Waals surface area (Å²) in [6.07, 6.45) is 0. The van der Waals surface area contributed by atoms with Crippen LogP contribution in [-0.2, 0) is 9.53 Å². The molecule has 3 aromatic rings. The normalized spacial score (nSPS) is 10.8. The molecular formula is C16H15NO3. The van der Waals surface area contributed by atoms with E-state index in [9.17, 15) is 4.79 Å². The Balaban J connectivity index is 1.90. The van der Waals surface area contributed by atoms with Crippen molar-refractivity contribution < 1.29 is 14.3 Å². The lowest BCUT2D eigenvalue weighted by atomic mass is 10.1. The van der Waals surface area contributed by atoms with E-state index >= 15 is 0 Å². The number of esters is 1. The molecule has 102 valence electrons. The van der Waals surface area contributed by atoms with Gasteiger partial charge in [-0.2, -0.15) is 0 Å². The van der Waals surface area contributed by atoms with Crippen LogP contribution >= 0.6 is 0 Å². The predicted octanol–water partition coefficient (Wildman–Crippen LogP) is 3.26. The highest BCUT2D eigenvalue weighted by atomic mass is 16.6. The van der Waals surface area contributed by atoms with Gasteiger partial charge in [-0.05, 0) is 31.2 Å². The zero-order chi connectivity index (χ0) is 13.9. The molecule has 0 amide bonds. The smallest absolute Gasteiger partial charge is 0.344 e. The standard InChI is InChI=1S/C16H15NO3/c1-2-19-16(18)10-20-11-7-8-15-13(9-11)12-5-3-4-6-14(12)17-15/h3-9,17H,2,10H2,1H3. The highest BCUT2D eigenvalue weighted by Crippen LogP contribution is 2.28. The van der Waals surface area contributed by atoms with Crippen LogP contribution in [0.2, 0.25) is 0 Å². The van der Waals surface area contributed by atoms with Crippen molar-refractivity contribution in [3.05, 3.63) is 42.5 Å². The van der Waals surface area contributed by atoms with Crippen LogP contribution in [-0.4, -0.2) is 24.2 Å². The summed E-state index contributed by atoms with van der Waals surface area (Å²) in [6.45, 7) is 2.07. The van der Waals surface area contributed by atoms with Gasteiger partial charge in [0.15, 0.2) is 6.61 Å². The molecule has 0 atom stereocenters. The van der Waals surface area contributed by atoms with Crippen LogP contribution in [0.1, 0.15) is 6.92 Å². The molecule has 0 saturated heterocycles. The Kier molecular flexibility index (Phi) is 3.29. The van der Waals surface area contributed by atoms with Crippen molar-refractivity contribution in [3.8, 4) is 5.75 Å². The number of hydrogen-bond donors (Lipinski definition) is 1. The summed E-state index contributed by atoms with van der Waals surface area (Å²) in [6, 6.07) is 13.8. The number of para-hydroxylation sites is 1. The molecule has 2 aromatic carbocycles. The summed E-state index contributed by atoms with van der Waals surface area (Å²) >= 11 is 0. The summed E-state index contributed by atoms with van der Waals surface area (Å²) in [7, 11) is 0. The van der Waals surface area contributed by atoms with E-state index < -0.39 is 0 Å².